The largest absolute Gasteiger partial charge is 0.352 e. The Hall–Kier alpha value is -2.13. The Balaban J connectivity index is 1.59. The predicted molar refractivity (Wildman–Crippen MR) is 96.2 cm³/mol. The monoisotopic (exact) mass is 320 g/mol. The normalized spacial score (nSPS) is 23.3. The average Bonchev–Trinajstić information content (AvgIpc) is 2.93. The molecule has 2 heterocycles. The Kier molecular flexibility index (Phi) is 3.89. The van der Waals surface area contributed by atoms with E-state index >= 15 is 0 Å². The zero-order valence-electron chi connectivity index (χ0n) is 14.4. The molecule has 24 heavy (non-hydrogen) atoms. The Bertz CT molecular complexity index is 783. The number of carbonyl (C=O) groups is 1. The first-order valence-corrected chi connectivity index (χ1v) is 8.77. The van der Waals surface area contributed by atoms with E-state index in [9.17, 15) is 4.79 Å². The van der Waals surface area contributed by atoms with Crippen molar-refractivity contribution in [3.63, 3.8) is 0 Å². The standard InChI is InChI=1S/C21H24N2O/c1-14-7-8-15(2)16(9-14)11-23-12-17-10-22-21(24)19-6-4-3-5-18(19)20(17)13-23/h3-9,17,20H,10-13H2,1-2H3,(H,22,24). The second-order valence-corrected chi connectivity index (χ2v) is 7.29. The van der Waals surface area contributed by atoms with Crippen LogP contribution in [-0.2, 0) is 6.54 Å². The molecule has 2 unspecified atom stereocenters. The van der Waals surface area contributed by atoms with Crippen molar-refractivity contribution < 1.29 is 4.79 Å². The highest BCUT2D eigenvalue weighted by Crippen LogP contribution is 2.36. The number of nitrogens with one attached hydrogen (secondary N) is 1. The number of fused-ring (bicyclic) bond motifs is 3. The van der Waals surface area contributed by atoms with Crippen molar-refractivity contribution >= 4 is 5.91 Å². The molecule has 0 spiro atoms. The molecule has 4 rings (SSSR count). The third kappa shape index (κ3) is 2.73. The van der Waals surface area contributed by atoms with E-state index in [0.717, 1.165) is 31.7 Å². The molecule has 2 aromatic carbocycles. The van der Waals surface area contributed by atoms with Gasteiger partial charge in [-0.15, -0.1) is 0 Å². The molecule has 2 aliphatic rings. The van der Waals surface area contributed by atoms with Crippen molar-refractivity contribution in [1.82, 2.24) is 10.2 Å². The quantitative estimate of drug-likeness (QED) is 0.921. The second kappa shape index (κ2) is 6.06. The van der Waals surface area contributed by atoms with Gasteiger partial charge in [0.05, 0.1) is 0 Å². The fourth-order valence-electron chi connectivity index (χ4n) is 4.21. The fourth-order valence-corrected chi connectivity index (χ4v) is 4.21. The average molecular weight is 320 g/mol. The molecule has 2 aliphatic heterocycles. The van der Waals surface area contributed by atoms with Gasteiger partial charge in [-0.05, 0) is 42.5 Å². The molecular formula is C21H24N2O. The van der Waals surface area contributed by atoms with E-state index < -0.39 is 0 Å². The Morgan fingerprint density at radius 1 is 1.12 bits per heavy atom. The van der Waals surface area contributed by atoms with E-state index in [0.29, 0.717) is 11.8 Å². The van der Waals surface area contributed by atoms with E-state index in [1.165, 1.54) is 22.3 Å². The topological polar surface area (TPSA) is 32.3 Å². The summed E-state index contributed by atoms with van der Waals surface area (Å²) in [6.45, 7) is 8.20. The van der Waals surface area contributed by atoms with E-state index in [2.05, 4.69) is 54.4 Å². The van der Waals surface area contributed by atoms with Gasteiger partial charge in [0.15, 0.2) is 0 Å². The van der Waals surface area contributed by atoms with Gasteiger partial charge in [-0.3, -0.25) is 9.69 Å². The zero-order valence-corrected chi connectivity index (χ0v) is 14.4. The fraction of sp³-hybridized carbons (Fsp3) is 0.381. The highest BCUT2D eigenvalue weighted by Gasteiger charge is 2.37. The minimum atomic E-state index is 0.0843. The summed E-state index contributed by atoms with van der Waals surface area (Å²) >= 11 is 0. The van der Waals surface area contributed by atoms with Gasteiger partial charge in [-0.2, -0.15) is 0 Å². The molecule has 1 saturated heterocycles. The van der Waals surface area contributed by atoms with Crippen LogP contribution in [0, 0.1) is 19.8 Å². The van der Waals surface area contributed by atoms with Crippen LogP contribution in [0.25, 0.3) is 0 Å². The van der Waals surface area contributed by atoms with Gasteiger partial charge in [0, 0.05) is 37.7 Å². The van der Waals surface area contributed by atoms with Gasteiger partial charge >= 0.3 is 0 Å². The van der Waals surface area contributed by atoms with E-state index in [-0.39, 0.29) is 5.91 Å². The van der Waals surface area contributed by atoms with Crippen LogP contribution in [0.4, 0.5) is 0 Å². The maximum absolute atomic E-state index is 12.3. The Morgan fingerprint density at radius 3 is 2.83 bits per heavy atom. The van der Waals surface area contributed by atoms with E-state index in [1.807, 2.05) is 12.1 Å². The van der Waals surface area contributed by atoms with Gasteiger partial charge in [-0.1, -0.05) is 42.0 Å². The van der Waals surface area contributed by atoms with Crippen molar-refractivity contribution in [3.05, 3.63) is 70.3 Å². The molecule has 0 aliphatic carbocycles. The van der Waals surface area contributed by atoms with Crippen LogP contribution in [0.5, 0.6) is 0 Å². The number of aryl methyl sites for hydroxylation is 2. The number of carbonyl (C=O) groups excluding carboxylic acids is 1. The van der Waals surface area contributed by atoms with Crippen molar-refractivity contribution in [2.75, 3.05) is 19.6 Å². The summed E-state index contributed by atoms with van der Waals surface area (Å²) in [6, 6.07) is 14.8. The highest BCUT2D eigenvalue weighted by molar-refractivity contribution is 5.96. The lowest BCUT2D eigenvalue weighted by Gasteiger charge is -2.19. The summed E-state index contributed by atoms with van der Waals surface area (Å²) < 4.78 is 0. The number of hydrogen-bond acceptors (Lipinski definition) is 2. The number of hydrogen-bond donors (Lipinski definition) is 1. The van der Waals surface area contributed by atoms with Crippen LogP contribution in [-0.4, -0.2) is 30.4 Å². The van der Waals surface area contributed by atoms with Crippen molar-refractivity contribution in [2.45, 2.75) is 26.3 Å². The minimum absolute atomic E-state index is 0.0843. The molecule has 124 valence electrons. The predicted octanol–water partition coefficient (Wildman–Crippen LogP) is 3.26. The van der Waals surface area contributed by atoms with Crippen molar-refractivity contribution in [2.24, 2.45) is 5.92 Å². The smallest absolute Gasteiger partial charge is 0.251 e. The summed E-state index contributed by atoms with van der Waals surface area (Å²) in [5.74, 6) is 1.04. The minimum Gasteiger partial charge on any atom is -0.352 e. The first-order chi connectivity index (χ1) is 11.6. The summed E-state index contributed by atoms with van der Waals surface area (Å²) in [5.41, 5.74) is 6.19. The lowest BCUT2D eigenvalue weighted by Crippen LogP contribution is -2.29. The number of benzene rings is 2. The second-order valence-electron chi connectivity index (χ2n) is 7.29. The number of likely N-dealkylation sites (tertiary alicyclic amines) is 1. The molecule has 2 aromatic rings. The number of rotatable bonds is 2. The van der Waals surface area contributed by atoms with Gasteiger partial charge in [0.1, 0.15) is 0 Å². The number of amides is 1. The van der Waals surface area contributed by atoms with Gasteiger partial charge in [0.2, 0.25) is 0 Å². The lowest BCUT2D eigenvalue weighted by molar-refractivity contribution is 0.0951. The maximum atomic E-state index is 12.3. The summed E-state index contributed by atoms with van der Waals surface area (Å²) in [4.78, 5) is 14.8. The molecule has 3 nitrogen and oxygen atoms in total. The third-order valence-electron chi connectivity index (χ3n) is 5.54. The van der Waals surface area contributed by atoms with Crippen LogP contribution >= 0.6 is 0 Å². The third-order valence-corrected chi connectivity index (χ3v) is 5.54. The lowest BCUT2D eigenvalue weighted by atomic mass is 9.87. The zero-order chi connectivity index (χ0) is 16.7. The van der Waals surface area contributed by atoms with E-state index in [1.54, 1.807) is 0 Å². The molecule has 0 saturated carbocycles. The molecule has 1 amide bonds. The van der Waals surface area contributed by atoms with Crippen LogP contribution in [0.2, 0.25) is 0 Å². The SMILES string of the molecule is Cc1ccc(C)c(CN2CC3CNC(=O)c4ccccc4C3C2)c1. The summed E-state index contributed by atoms with van der Waals surface area (Å²) in [6.07, 6.45) is 0. The Labute approximate surface area is 143 Å². The summed E-state index contributed by atoms with van der Waals surface area (Å²) in [5, 5.41) is 3.11. The van der Waals surface area contributed by atoms with E-state index in [4.69, 9.17) is 0 Å². The van der Waals surface area contributed by atoms with Gasteiger partial charge < -0.3 is 5.32 Å². The molecule has 1 fully saturated rings. The van der Waals surface area contributed by atoms with Crippen LogP contribution in [0.1, 0.15) is 38.5 Å². The van der Waals surface area contributed by atoms with Gasteiger partial charge in [0.25, 0.3) is 5.91 Å². The molecular weight excluding hydrogens is 296 g/mol. The van der Waals surface area contributed by atoms with Crippen LogP contribution < -0.4 is 5.32 Å². The first-order valence-electron chi connectivity index (χ1n) is 8.77. The Morgan fingerprint density at radius 2 is 1.96 bits per heavy atom. The highest BCUT2D eigenvalue weighted by atomic mass is 16.1. The molecule has 2 atom stereocenters. The molecule has 3 heteroatoms. The molecule has 0 aromatic heterocycles. The maximum Gasteiger partial charge on any atom is 0.251 e. The van der Waals surface area contributed by atoms with Crippen LogP contribution in [0.15, 0.2) is 42.5 Å². The molecule has 0 radical (unpaired) electrons. The van der Waals surface area contributed by atoms with Crippen molar-refractivity contribution in [3.8, 4) is 0 Å². The van der Waals surface area contributed by atoms with Crippen molar-refractivity contribution in [1.29, 1.82) is 0 Å². The van der Waals surface area contributed by atoms with Crippen LogP contribution in [0.3, 0.4) is 0 Å². The molecule has 0 bridgehead atoms. The first kappa shape index (κ1) is 15.4. The number of nitrogens with zero attached hydrogens (tertiary/aromatic N) is 1. The van der Waals surface area contributed by atoms with Gasteiger partial charge in [-0.25, -0.2) is 0 Å². The molecule has 1 N–H and O–H groups in total. The summed E-state index contributed by atoms with van der Waals surface area (Å²) in [7, 11) is 0.